The van der Waals surface area contributed by atoms with Crippen LogP contribution >= 0.6 is 0 Å². The topological polar surface area (TPSA) is 63.6 Å². The highest BCUT2D eigenvalue weighted by molar-refractivity contribution is 5.91. The molecule has 0 unspecified atom stereocenters. The molecule has 0 spiro atoms. The summed E-state index contributed by atoms with van der Waals surface area (Å²) in [5.41, 5.74) is 2.81. The third-order valence-electron chi connectivity index (χ3n) is 5.16. The molecule has 4 atom stereocenters. The van der Waals surface area contributed by atoms with Crippen LogP contribution in [-0.4, -0.2) is 29.1 Å². The number of carbonyl (C=O) groups excluding carboxylic acids is 2. The zero-order valence-corrected chi connectivity index (χ0v) is 14.9. The Labute approximate surface area is 144 Å². The van der Waals surface area contributed by atoms with Crippen molar-refractivity contribution in [1.29, 1.82) is 0 Å². The number of allylic oxidation sites excluding steroid dienone is 3. The summed E-state index contributed by atoms with van der Waals surface area (Å²) < 4.78 is 5.42. The summed E-state index contributed by atoms with van der Waals surface area (Å²) in [4.78, 5) is 23.9. The van der Waals surface area contributed by atoms with Crippen molar-refractivity contribution in [2.75, 3.05) is 0 Å². The first-order valence-electron chi connectivity index (χ1n) is 8.70. The van der Waals surface area contributed by atoms with E-state index in [0.29, 0.717) is 18.4 Å². The minimum Gasteiger partial charge on any atom is -0.454 e. The van der Waals surface area contributed by atoms with E-state index in [1.54, 1.807) is 0 Å². The molecule has 0 aromatic carbocycles. The summed E-state index contributed by atoms with van der Waals surface area (Å²) in [6.45, 7) is 9.46. The predicted molar refractivity (Wildman–Crippen MR) is 93.3 cm³/mol. The van der Waals surface area contributed by atoms with Gasteiger partial charge in [0, 0.05) is 17.4 Å². The SMILES string of the molecule is C=C1C(=O)O[C@H]2C=C(C)CC/C=C(\C)CC[C@H](C(C)=O)[C@@H](O)C[C@@H]12. The van der Waals surface area contributed by atoms with Gasteiger partial charge in [0.15, 0.2) is 0 Å². The van der Waals surface area contributed by atoms with E-state index in [2.05, 4.69) is 19.6 Å². The highest BCUT2D eigenvalue weighted by Crippen LogP contribution is 2.35. The molecule has 1 saturated heterocycles. The lowest BCUT2D eigenvalue weighted by Crippen LogP contribution is -2.31. The second-order valence-electron chi connectivity index (χ2n) is 7.16. The molecule has 1 heterocycles. The van der Waals surface area contributed by atoms with Crippen LogP contribution in [0.4, 0.5) is 0 Å². The Morgan fingerprint density at radius 1 is 1.29 bits per heavy atom. The molecule has 0 bridgehead atoms. The van der Waals surface area contributed by atoms with Crippen LogP contribution in [0.3, 0.4) is 0 Å². The molecule has 1 aliphatic heterocycles. The minimum atomic E-state index is -0.788. The summed E-state index contributed by atoms with van der Waals surface area (Å²) in [7, 11) is 0. The molecule has 132 valence electrons. The molecule has 0 aromatic heterocycles. The molecule has 0 amide bonds. The molecular formula is C20H28O4. The largest absolute Gasteiger partial charge is 0.454 e. The summed E-state index contributed by atoms with van der Waals surface area (Å²) in [6.07, 6.45) is 6.57. The van der Waals surface area contributed by atoms with Gasteiger partial charge in [-0.15, -0.1) is 0 Å². The van der Waals surface area contributed by atoms with E-state index >= 15 is 0 Å². The lowest BCUT2D eigenvalue weighted by atomic mass is 9.82. The summed E-state index contributed by atoms with van der Waals surface area (Å²) >= 11 is 0. The van der Waals surface area contributed by atoms with E-state index in [0.717, 1.165) is 24.8 Å². The Bertz CT molecular complexity index is 584. The average molecular weight is 332 g/mol. The van der Waals surface area contributed by atoms with Crippen LogP contribution in [0.15, 0.2) is 35.5 Å². The van der Waals surface area contributed by atoms with Gasteiger partial charge in [-0.05, 0) is 59.0 Å². The van der Waals surface area contributed by atoms with Crippen molar-refractivity contribution in [2.24, 2.45) is 11.8 Å². The normalized spacial score (nSPS) is 34.7. The highest BCUT2D eigenvalue weighted by Gasteiger charge is 2.40. The number of ether oxygens (including phenoxy) is 1. The van der Waals surface area contributed by atoms with E-state index in [1.807, 2.05) is 13.0 Å². The van der Waals surface area contributed by atoms with Crippen molar-refractivity contribution >= 4 is 11.8 Å². The van der Waals surface area contributed by atoms with Gasteiger partial charge in [0.05, 0.1) is 6.10 Å². The third kappa shape index (κ3) is 4.44. The number of fused-ring (bicyclic) bond motifs is 1. The molecule has 1 aliphatic carbocycles. The number of hydrogen-bond donors (Lipinski definition) is 1. The lowest BCUT2D eigenvalue weighted by molar-refractivity contribution is -0.137. The second kappa shape index (κ2) is 7.93. The number of ketones is 1. The third-order valence-corrected chi connectivity index (χ3v) is 5.16. The first-order chi connectivity index (χ1) is 11.3. The Balaban J connectivity index is 2.30. The molecule has 1 fully saturated rings. The molecule has 24 heavy (non-hydrogen) atoms. The minimum absolute atomic E-state index is 0.00991. The first kappa shape index (κ1) is 18.7. The second-order valence-corrected chi connectivity index (χ2v) is 7.16. The monoisotopic (exact) mass is 332 g/mol. The van der Waals surface area contributed by atoms with Gasteiger partial charge in [-0.25, -0.2) is 4.79 Å². The van der Waals surface area contributed by atoms with Gasteiger partial charge >= 0.3 is 5.97 Å². The number of esters is 1. The highest BCUT2D eigenvalue weighted by atomic mass is 16.6. The van der Waals surface area contributed by atoms with E-state index in [9.17, 15) is 14.7 Å². The summed E-state index contributed by atoms with van der Waals surface area (Å²) in [5, 5.41) is 10.6. The van der Waals surface area contributed by atoms with Crippen LogP contribution in [0.5, 0.6) is 0 Å². The van der Waals surface area contributed by atoms with E-state index in [4.69, 9.17) is 4.74 Å². The first-order valence-corrected chi connectivity index (χ1v) is 8.70. The van der Waals surface area contributed by atoms with Crippen LogP contribution in [0.2, 0.25) is 0 Å². The molecule has 0 aromatic rings. The summed E-state index contributed by atoms with van der Waals surface area (Å²) in [5.74, 6) is -1.09. The zero-order valence-electron chi connectivity index (χ0n) is 14.9. The number of carbonyl (C=O) groups is 2. The van der Waals surface area contributed by atoms with Gasteiger partial charge in [-0.3, -0.25) is 4.79 Å². The molecule has 2 aliphatic rings. The van der Waals surface area contributed by atoms with Crippen molar-refractivity contribution < 1.29 is 19.4 Å². The van der Waals surface area contributed by atoms with Crippen molar-refractivity contribution in [1.82, 2.24) is 0 Å². The van der Waals surface area contributed by atoms with Gasteiger partial charge in [0.2, 0.25) is 0 Å². The van der Waals surface area contributed by atoms with Crippen molar-refractivity contribution in [3.8, 4) is 0 Å². The fraction of sp³-hybridized carbons (Fsp3) is 0.600. The molecule has 2 rings (SSSR count). The average Bonchev–Trinajstić information content (AvgIpc) is 2.74. The maximum absolute atomic E-state index is 12.0. The Kier molecular flexibility index (Phi) is 6.16. The van der Waals surface area contributed by atoms with Gasteiger partial charge in [0.25, 0.3) is 0 Å². The quantitative estimate of drug-likeness (QED) is 0.453. The standard InChI is InChI=1S/C20H28O4/c1-12-6-5-7-13(2)10-19-17(14(3)20(23)24-19)11-18(22)16(9-8-12)15(4)21/h6,10,16-19,22H,3,5,7-9,11H2,1-2,4H3/b12-6+,13-10?/t16-,17+,18+,19+/m1/s1. The molecular weight excluding hydrogens is 304 g/mol. The van der Waals surface area contributed by atoms with Crippen LogP contribution < -0.4 is 0 Å². The Hall–Kier alpha value is -1.68. The van der Waals surface area contributed by atoms with Crippen LogP contribution in [0, 0.1) is 11.8 Å². The maximum atomic E-state index is 12.0. The number of aliphatic hydroxyl groups excluding tert-OH is 1. The number of hydrogen-bond acceptors (Lipinski definition) is 4. The number of Topliss-reactive ketones (excluding diaryl/α,β-unsaturated/α-hetero) is 1. The molecule has 1 N–H and O–H groups in total. The van der Waals surface area contributed by atoms with Crippen molar-refractivity contribution in [3.05, 3.63) is 35.5 Å². The smallest absolute Gasteiger partial charge is 0.334 e. The molecule has 0 radical (unpaired) electrons. The van der Waals surface area contributed by atoms with Gasteiger partial charge < -0.3 is 9.84 Å². The van der Waals surface area contributed by atoms with Crippen LogP contribution in [0.1, 0.15) is 52.9 Å². The zero-order chi connectivity index (χ0) is 17.9. The van der Waals surface area contributed by atoms with Gasteiger partial charge in [-0.2, -0.15) is 0 Å². The Morgan fingerprint density at radius 3 is 2.67 bits per heavy atom. The fourth-order valence-corrected chi connectivity index (χ4v) is 3.54. The maximum Gasteiger partial charge on any atom is 0.334 e. The lowest BCUT2D eigenvalue weighted by Gasteiger charge is -2.24. The summed E-state index contributed by atoms with van der Waals surface area (Å²) in [6, 6.07) is 0. The van der Waals surface area contributed by atoms with E-state index < -0.39 is 24.1 Å². The predicted octanol–water partition coefficient (Wildman–Crippen LogP) is 3.51. The molecule has 4 heteroatoms. The van der Waals surface area contributed by atoms with E-state index in [1.165, 1.54) is 12.5 Å². The molecule has 0 saturated carbocycles. The Morgan fingerprint density at radius 2 is 2.00 bits per heavy atom. The van der Waals surface area contributed by atoms with E-state index in [-0.39, 0.29) is 11.7 Å². The fourth-order valence-electron chi connectivity index (χ4n) is 3.54. The van der Waals surface area contributed by atoms with Crippen LogP contribution in [0.25, 0.3) is 0 Å². The van der Waals surface area contributed by atoms with Gasteiger partial charge in [0.1, 0.15) is 11.9 Å². The number of aliphatic hydroxyl groups is 1. The number of rotatable bonds is 1. The van der Waals surface area contributed by atoms with Crippen molar-refractivity contribution in [3.63, 3.8) is 0 Å². The van der Waals surface area contributed by atoms with Gasteiger partial charge in [-0.1, -0.05) is 23.8 Å². The molecule has 4 nitrogen and oxygen atoms in total. The van der Waals surface area contributed by atoms with Crippen LogP contribution in [-0.2, 0) is 14.3 Å². The van der Waals surface area contributed by atoms with Crippen molar-refractivity contribution in [2.45, 2.75) is 65.1 Å².